The Morgan fingerprint density at radius 1 is 1.17 bits per heavy atom. The lowest BCUT2D eigenvalue weighted by Crippen LogP contribution is -2.64. The van der Waals surface area contributed by atoms with Crippen molar-refractivity contribution in [3.8, 4) is 0 Å². The van der Waals surface area contributed by atoms with E-state index in [0.29, 0.717) is 18.1 Å². The summed E-state index contributed by atoms with van der Waals surface area (Å²) in [6, 6.07) is 5.40. The van der Waals surface area contributed by atoms with Crippen LogP contribution < -0.4 is 10.6 Å². The molecule has 1 aromatic heterocycles. The van der Waals surface area contributed by atoms with Crippen LogP contribution in [0.15, 0.2) is 36.5 Å². The third kappa shape index (κ3) is 5.02. The number of carbonyl (C=O) groups excluding carboxylic acids is 5. The highest BCUT2D eigenvalue weighted by atomic mass is 16.4. The van der Waals surface area contributed by atoms with Crippen molar-refractivity contribution in [2.45, 2.75) is 50.2 Å². The quantitative estimate of drug-likeness (QED) is 0.452. The average Bonchev–Trinajstić information content (AvgIpc) is 2.99. The van der Waals surface area contributed by atoms with Gasteiger partial charge in [0.1, 0.15) is 24.1 Å². The first-order valence-corrected chi connectivity index (χ1v) is 11.6. The van der Waals surface area contributed by atoms with Gasteiger partial charge in [0.15, 0.2) is 0 Å². The number of aliphatic carboxylic acids is 1. The highest BCUT2D eigenvalue weighted by molar-refractivity contribution is 6.07. The molecule has 4 amide bonds. The number of hydrogen-bond acceptors (Lipinski definition) is 7. The molecule has 2 fully saturated rings. The minimum absolute atomic E-state index is 0.0273. The highest BCUT2D eigenvalue weighted by Gasteiger charge is 2.45. The predicted molar refractivity (Wildman–Crippen MR) is 124 cm³/mol. The van der Waals surface area contributed by atoms with E-state index in [2.05, 4.69) is 15.6 Å². The molecule has 12 heteroatoms. The summed E-state index contributed by atoms with van der Waals surface area (Å²) in [6.07, 6.45) is 1.81. The Morgan fingerprint density at radius 3 is 2.69 bits per heavy atom. The van der Waals surface area contributed by atoms with E-state index in [0.717, 1.165) is 10.4 Å². The van der Waals surface area contributed by atoms with E-state index in [4.69, 9.17) is 5.11 Å². The van der Waals surface area contributed by atoms with Gasteiger partial charge < -0.3 is 20.5 Å². The second-order valence-corrected chi connectivity index (χ2v) is 8.65. The Hall–Kier alpha value is -4.35. The third-order valence-corrected chi connectivity index (χ3v) is 6.24. The normalized spacial score (nSPS) is 20.8. The maximum atomic E-state index is 13.6. The lowest BCUT2D eigenvalue weighted by molar-refractivity contribution is -0.176. The molecule has 12 nitrogen and oxygen atoms in total. The van der Waals surface area contributed by atoms with Gasteiger partial charge in [-0.15, -0.1) is 0 Å². The summed E-state index contributed by atoms with van der Waals surface area (Å²) in [4.78, 5) is 78.8. The van der Waals surface area contributed by atoms with Crippen molar-refractivity contribution in [1.29, 1.82) is 0 Å². The average molecular weight is 495 g/mol. The molecule has 0 radical (unpaired) electrons. The van der Waals surface area contributed by atoms with Crippen LogP contribution in [0.25, 0.3) is 10.8 Å². The van der Waals surface area contributed by atoms with Crippen molar-refractivity contribution in [2.24, 2.45) is 0 Å². The molecular weight excluding hydrogens is 470 g/mol. The van der Waals surface area contributed by atoms with E-state index in [1.165, 1.54) is 11.2 Å². The van der Waals surface area contributed by atoms with Gasteiger partial charge >= 0.3 is 5.97 Å². The predicted octanol–water partition coefficient (Wildman–Crippen LogP) is 0.0200. The molecular formula is C24H25N5O7. The Kier molecular flexibility index (Phi) is 7.23. The topological polar surface area (TPSA) is 166 Å². The summed E-state index contributed by atoms with van der Waals surface area (Å²) in [7, 11) is 0. The van der Waals surface area contributed by atoms with Crippen LogP contribution in [0.3, 0.4) is 0 Å². The number of rotatable bonds is 7. The van der Waals surface area contributed by atoms with E-state index >= 15 is 0 Å². The van der Waals surface area contributed by atoms with Crippen molar-refractivity contribution < 1.29 is 33.9 Å². The molecule has 0 spiro atoms. The lowest BCUT2D eigenvalue weighted by Gasteiger charge is -2.43. The molecule has 2 saturated heterocycles. The molecule has 3 N–H and O–H groups in total. The number of aldehydes is 1. The van der Waals surface area contributed by atoms with Gasteiger partial charge in [-0.3, -0.25) is 34.0 Å². The first-order valence-electron chi connectivity index (χ1n) is 11.6. The number of carbonyl (C=O) groups is 6. The smallest absolute Gasteiger partial charge is 0.305 e. The summed E-state index contributed by atoms with van der Waals surface area (Å²) in [5.74, 6) is -3.63. The standard InChI is InChI=1S/C24H25N5O7/c30-13-15(12-20(32)33)26-22(34)18-6-3-11-28-19(31)8-7-17(24(36)29(18)28)27-23(35)21-16-5-2-1-4-14(16)9-10-25-21/h1-2,4-5,9-10,13,15,17-18H,3,6-8,11-12H2,(H,26,34)(H,27,35)(H,32,33)/t15-,17-,18-/m0/s1. The first kappa shape index (κ1) is 24.8. The van der Waals surface area contributed by atoms with Crippen molar-refractivity contribution in [3.05, 3.63) is 42.2 Å². The van der Waals surface area contributed by atoms with Crippen LogP contribution in [-0.4, -0.2) is 80.7 Å². The number of aromatic nitrogens is 1. The third-order valence-electron chi connectivity index (χ3n) is 6.24. The van der Waals surface area contributed by atoms with Gasteiger partial charge in [-0.05, 0) is 30.7 Å². The summed E-state index contributed by atoms with van der Waals surface area (Å²) in [5, 5.41) is 17.6. The van der Waals surface area contributed by atoms with E-state index in [-0.39, 0.29) is 37.4 Å². The number of carboxylic acids is 1. The minimum Gasteiger partial charge on any atom is -0.481 e. The van der Waals surface area contributed by atoms with E-state index in [1.54, 1.807) is 18.2 Å². The Morgan fingerprint density at radius 2 is 1.94 bits per heavy atom. The summed E-state index contributed by atoms with van der Waals surface area (Å²) in [5.41, 5.74) is 0.128. The number of benzene rings is 1. The molecule has 1 aromatic carbocycles. The molecule has 0 aliphatic carbocycles. The van der Waals surface area contributed by atoms with Crippen molar-refractivity contribution in [2.75, 3.05) is 6.54 Å². The lowest BCUT2D eigenvalue weighted by atomic mass is 10.0. The van der Waals surface area contributed by atoms with Crippen LogP contribution in [0.2, 0.25) is 0 Å². The Bertz CT molecular complexity index is 1230. The molecule has 2 aromatic rings. The fourth-order valence-electron chi connectivity index (χ4n) is 4.53. The molecule has 0 unspecified atom stereocenters. The van der Waals surface area contributed by atoms with Gasteiger partial charge in [0.2, 0.25) is 11.8 Å². The number of hydrogen-bond donors (Lipinski definition) is 3. The second kappa shape index (κ2) is 10.5. The number of pyridine rings is 1. The summed E-state index contributed by atoms with van der Waals surface area (Å²) in [6.45, 7) is 0.214. The molecule has 2 aliphatic rings. The number of nitrogens with zero attached hydrogens (tertiary/aromatic N) is 3. The molecule has 3 heterocycles. The molecule has 0 bridgehead atoms. The second-order valence-electron chi connectivity index (χ2n) is 8.65. The molecule has 4 rings (SSSR count). The van der Waals surface area contributed by atoms with Crippen LogP contribution in [0.1, 0.15) is 42.6 Å². The van der Waals surface area contributed by atoms with Crippen molar-refractivity contribution >= 4 is 46.7 Å². The van der Waals surface area contributed by atoms with Crippen LogP contribution in [0.4, 0.5) is 0 Å². The Balaban J connectivity index is 1.57. The zero-order valence-electron chi connectivity index (χ0n) is 19.3. The molecule has 3 atom stereocenters. The van der Waals surface area contributed by atoms with E-state index in [9.17, 15) is 28.8 Å². The zero-order valence-corrected chi connectivity index (χ0v) is 19.3. The van der Waals surface area contributed by atoms with Crippen LogP contribution in [0, 0.1) is 0 Å². The van der Waals surface area contributed by atoms with Gasteiger partial charge in [0.05, 0.1) is 12.5 Å². The summed E-state index contributed by atoms with van der Waals surface area (Å²) >= 11 is 0. The fraction of sp³-hybridized carbons (Fsp3) is 0.375. The van der Waals surface area contributed by atoms with Crippen molar-refractivity contribution in [3.63, 3.8) is 0 Å². The van der Waals surface area contributed by atoms with Crippen LogP contribution in [-0.2, 0) is 24.0 Å². The van der Waals surface area contributed by atoms with E-state index in [1.807, 2.05) is 12.1 Å². The molecule has 188 valence electrons. The number of nitrogens with one attached hydrogen (secondary N) is 2. The molecule has 2 aliphatic heterocycles. The largest absolute Gasteiger partial charge is 0.481 e. The van der Waals surface area contributed by atoms with Gasteiger partial charge in [0.25, 0.3) is 11.8 Å². The SMILES string of the molecule is O=C[C@H](CC(=O)O)NC(=O)[C@@H]1CCCN2C(=O)CC[C@H](NC(=O)c3nccc4ccccc34)C(=O)N12. The maximum absolute atomic E-state index is 13.6. The number of hydrazine groups is 1. The van der Waals surface area contributed by atoms with Crippen LogP contribution >= 0.6 is 0 Å². The number of fused-ring (bicyclic) bond motifs is 2. The highest BCUT2D eigenvalue weighted by Crippen LogP contribution is 2.25. The fourth-order valence-corrected chi connectivity index (χ4v) is 4.53. The van der Waals surface area contributed by atoms with Gasteiger partial charge in [0, 0.05) is 24.5 Å². The number of amides is 4. The summed E-state index contributed by atoms with van der Waals surface area (Å²) < 4.78 is 0. The minimum atomic E-state index is -1.28. The molecule has 0 saturated carbocycles. The van der Waals surface area contributed by atoms with Gasteiger partial charge in [-0.25, -0.2) is 5.01 Å². The number of carboxylic acid groups (broad SMARTS) is 1. The van der Waals surface area contributed by atoms with Crippen LogP contribution in [0.5, 0.6) is 0 Å². The monoisotopic (exact) mass is 495 g/mol. The van der Waals surface area contributed by atoms with Gasteiger partial charge in [-0.1, -0.05) is 24.3 Å². The van der Waals surface area contributed by atoms with Gasteiger partial charge in [-0.2, -0.15) is 0 Å². The first-order chi connectivity index (χ1) is 17.3. The Labute approximate surface area is 205 Å². The zero-order chi connectivity index (χ0) is 25.8. The van der Waals surface area contributed by atoms with E-state index < -0.39 is 48.2 Å². The van der Waals surface area contributed by atoms with Crippen molar-refractivity contribution in [1.82, 2.24) is 25.6 Å². The maximum Gasteiger partial charge on any atom is 0.305 e. The molecule has 36 heavy (non-hydrogen) atoms.